The summed E-state index contributed by atoms with van der Waals surface area (Å²) in [5.74, 6) is -1.08. The predicted molar refractivity (Wildman–Crippen MR) is 45.7 cm³/mol. The van der Waals surface area contributed by atoms with Crippen LogP contribution in [0.4, 0.5) is 0 Å². The van der Waals surface area contributed by atoms with E-state index in [4.69, 9.17) is 5.11 Å². The van der Waals surface area contributed by atoms with Gasteiger partial charge in [-0.05, 0) is 17.7 Å². The van der Waals surface area contributed by atoms with Crippen molar-refractivity contribution in [2.75, 3.05) is 0 Å². The fourth-order valence-electron chi connectivity index (χ4n) is 0.986. The Balaban J connectivity index is 0.00000196. The molecule has 15 heavy (non-hydrogen) atoms. The monoisotopic (exact) mass is 254 g/mol. The van der Waals surface area contributed by atoms with Gasteiger partial charge in [-0.15, -0.1) is 0 Å². The van der Waals surface area contributed by atoms with Gasteiger partial charge in [0.25, 0.3) is 0 Å². The van der Waals surface area contributed by atoms with E-state index >= 15 is 0 Å². The molecule has 0 saturated heterocycles. The van der Waals surface area contributed by atoms with Crippen LogP contribution in [0.25, 0.3) is 0 Å². The largest absolute Gasteiger partial charge is 1.00 e. The average Bonchev–Trinajstić information content (AvgIpc) is 2.01. The molecule has 1 N–H and O–H groups in total. The fourth-order valence-corrected chi connectivity index (χ4v) is 1.53. The molecule has 0 saturated carbocycles. The topological polar surface area (TPSA) is 94.5 Å². The normalized spacial score (nSPS) is 10.5. The Morgan fingerprint density at radius 2 is 2.00 bits per heavy atom. The second kappa shape index (κ2) is 6.09. The van der Waals surface area contributed by atoms with Crippen molar-refractivity contribution in [2.45, 2.75) is 11.3 Å². The molecule has 5 nitrogen and oxygen atoms in total. The van der Waals surface area contributed by atoms with E-state index in [2.05, 4.69) is 0 Å². The molecule has 1 aromatic carbocycles. The summed E-state index contributed by atoms with van der Waals surface area (Å²) >= 11 is 0. The maximum Gasteiger partial charge on any atom is 1.00 e. The molecule has 0 unspecified atom stereocenters. The van der Waals surface area contributed by atoms with Crippen LogP contribution in [0, 0.1) is 0 Å². The third kappa shape index (κ3) is 5.21. The molecule has 7 heteroatoms. The smallest absolute Gasteiger partial charge is 0.744 e. The number of carbonyl (C=O) groups is 1. The van der Waals surface area contributed by atoms with E-state index in [0.717, 1.165) is 12.1 Å². The van der Waals surface area contributed by atoms with E-state index in [9.17, 15) is 17.8 Å². The summed E-state index contributed by atoms with van der Waals surface area (Å²) in [6.07, 6.45) is -0.302. The molecule has 0 aliphatic rings. The maximum absolute atomic E-state index is 10.6. The summed E-state index contributed by atoms with van der Waals surface area (Å²) < 4.78 is 31.7. The van der Waals surface area contributed by atoms with Gasteiger partial charge in [0.1, 0.15) is 10.1 Å². The van der Waals surface area contributed by atoms with Crippen LogP contribution in [-0.2, 0) is 21.3 Å². The Hall–Kier alpha value is 0.236. The van der Waals surface area contributed by atoms with Crippen LogP contribution in [0.2, 0.25) is 0 Å². The van der Waals surface area contributed by atoms with Crippen LogP contribution in [-0.4, -0.2) is 24.0 Å². The van der Waals surface area contributed by atoms with E-state index in [1.807, 2.05) is 0 Å². The Labute approximate surface area is 130 Å². The number of hydrogen-bond donors (Lipinski definition) is 1. The third-order valence-electron chi connectivity index (χ3n) is 1.54. The minimum Gasteiger partial charge on any atom is -0.744 e. The molecule has 0 atom stereocenters. The third-order valence-corrected chi connectivity index (χ3v) is 2.37. The van der Waals surface area contributed by atoms with Crippen molar-refractivity contribution in [3.63, 3.8) is 0 Å². The van der Waals surface area contributed by atoms with Gasteiger partial charge < -0.3 is 9.66 Å². The van der Waals surface area contributed by atoms with Gasteiger partial charge in [-0.3, -0.25) is 4.79 Å². The van der Waals surface area contributed by atoms with Crippen molar-refractivity contribution in [3.8, 4) is 0 Å². The summed E-state index contributed by atoms with van der Waals surface area (Å²) in [4.78, 5) is 9.90. The molecular formula is C8H7KO5S. The van der Waals surface area contributed by atoms with Crippen LogP contribution in [0.5, 0.6) is 0 Å². The van der Waals surface area contributed by atoms with Crippen molar-refractivity contribution in [2.24, 2.45) is 0 Å². The Morgan fingerprint density at radius 1 is 1.40 bits per heavy atom. The van der Waals surface area contributed by atoms with Gasteiger partial charge in [-0.1, -0.05) is 12.1 Å². The van der Waals surface area contributed by atoms with E-state index in [1.165, 1.54) is 12.1 Å². The molecule has 0 radical (unpaired) electrons. The molecule has 1 aromatic rings. The molecule has 0 amide bonds. The minimum absolute atomic E-state index is 0. The van der Waals surface area contributed by atoms with E-state index in [1.54, 1.807) is 0 Å². The van der Waals surface area contributed by atoms with Crippen molar-refractivity contribution in [1.82, 2.24) is 0 Å². The Kier molecular flexibility index (Phi) is 6.19. The molecular weight excluding hydrogens is 247 g/mol. The van der Waals surface area contributed by atoms with Gasteiger partial charge in [-0.25, -0.2) is 8.42 Å². The molecule has 0 fully saturated rings. The predicted octanol–water partition coefficient (Wildman–Crippen LogP) is -2.78. The quantitative estimate of drug-likeness (QED) is 0.465. The minimum atomic E-state index is -4.50. The molecule has 76 valence electrons. The van der Waals surface area contributed by atoms with Crippen LogP contribution in [0.1, 0.15) is 5.56 Å². The standard InChI is InChI=1S/C8H8O5S.K/c9-8(10)5-6-2-1-3-7(4-6)14(11,12)13;/h1-4H,5H2,(H,9,10)(H,11,12,13);/q;+1/p-1. The molecule has 0 spiro atoms. The molecule has 0 aromatic heterocycles. The first-order chi connectivity index (χ1) is 6.39. The van der Waals surface area contributed by atoms with Crippen molar-refractivity contribution >= 4 is 16.1 Å². The van der Waals surface area contributed by atoms with E-state index in [-0.39, 0.29) is 63.4 Å². The maximum atomic E-state index is 10.6. The number of benzene rings is 1. The number of rotatable bonds is 3. The van der Waals surface area contributed by atoms with Gasteiger partial charge in [-0.2, -0.15) is 0 Å². The van der Waals surface area contributed by atoms with Gasteiger partial charge in [0.15, 0.2) is 0 Å². The van der Waals surface area contributed by atoms with Crippen LogP contribution in [0.3, 0.4) is 0 Å². The summed E-state index contributed by atoms with van der Waals surface area (Å²) in [6, 6.07) is 4.98. The van der Waals surface area contributed by atoms with Crippen molar-refractivity contribution < 1.29 is 74.3 Å². The molecule has 0 aliphatic carbocycles. The van der Waals surface area contributed by atoms with Crippen LogP contribution < -0.4 is 51.4 Å². The second-order valence-electron chi connectivity index (χ2n) is 2.67. The average molecular weight is 254 g/mol. The second-order valence-corrected chi connectivity index (χ2v) is 4.05. The Bertz CT molecular complexity index is 454. The van der Waals surface area contributed by atoms with Crippen molar-refractivity contribution in [1.29, 1.82) is 0 Å². The zero-order valence-corrected chi connectivity index (χ0v) is 11.9. The SMILES string of the molecule is O=C(O)Cc1cccc(S(=O)(=O)[O-])c1.[K+]. The first kappa shape index (κ1) is 15.2. The fraction of sp³-hybridized carbons (Fsp3) is 0.125. The number of carboxylic acid groups (broad SMARTS) is 1. The summed E-state index contributed by atoms with van der Waals surface area (Å²) in [6.45, 7) is 0. The molecule has 0 heterocycles. The number of aliphatic carboxylic acids is 1. The van der Waals surface area contributed by atoms with Gasteiger partial charge in [0.05, 0.1) is 11.3 Å². The first-order valence-electron chi connectivity index (χ1n) is 3.66. The van der Waals surface area contributed by atoms with E-state index < -0.39 is 21.0 Å². The molecule has 1 rings (SSSR count). The summed E-state index contributed by atoms with van der Waals surface area (Å²) in [5, 5.41) is 8.43. The zero-order chi connectivity index (χ0) is 10.8. The van der Waals surface area contributed by atoms with Crippen molar-refractivity contribution in [3.05, 3.63) is 29.8 Å². The van der Waals surface area contributed by atoms with Crippen LogP contribution >= 0.6 is 0 Å². The van der Waals surface area contributed by atoms with Gasteiger partial charge in [0.2, 0.25) is 0 Å². The molecule has 0 aliphatic heterocycles. The van der Waals surface area contributed by atoms with E-state index in [0.29, 0.717) is 0 Å². The molecule has 0 bridgehead atoms. The summed E-state index contributed by atoms with van der Waals surface area (Å²) in [7, 11) is -4.50. The van der Waals surface area contributed by atoms with Gasteiger partial charge in [0, 0.05) is 0 Å². The van der Waals surface area contributed by atoms with Gasteiger partial charge >= 0.3 is 57.4 Å². The zero-order valence-electron chi connectivity index (χ0n) is 8.00. The number of hydrogen-bond acceptors (Lipinski definition) is 4. The first-order valence-corrected chi connectivity index (χ1v) is 5.07. The number of carboxylic acids is 1. The summed E-state index contributed by atoms with van der Waals surface area (Å²) in [5.41, 5.74) is 0.287. The van der Waals surface area contributed by atoms with Crippen LogP contribution in [0.15, 0.2) is 29.2 Å². The Morgan fingerprint density at radius 3 is 2.47 bits per heavy atom.